The van der Waals surface area contributed by atoms with Crippen LogP contribution in [0.1, 0.15) is 11.1 Å². The van der Waals surface area contributed by atoms with Gasteiger partial charge in [0.2, 0.25) is 0 Å². The normalized spacial score (nSPS) is 11.8. The molecule has 5 nitrogen and oxygen atoms in total. The maximum atomic E-state index is 12.9. The Bertz CT molecular complexity index is 1160. The molecule has 0 unspecified atom stereocenters. The first-order valence-electron chi connectivity index (χ1n) is 8.08. The maximum Gasteiger partial charge on any atom is 0.416 e. The predicted molar refractivity (Wildman–Crippen MR) is 94.1 cm³/mol. The van der Waals surface area contributed by atoms with E-state index >= 15 is 0 Å². The van der Waals surface area contributed by atoms with Crippen molar-refractivity contribution >= 4 is 11.2 Å². The lowest BCUT2D eigenvalue weighted by molar-refractivity contribution is -0.137. The Kier molecular flexibility index (Phi) is 4.02. The zero-order valence-electron chi connectivity index (χ0n) is 13.9. The quantitative estimate of drug-likeness (QED) is 0.596. The number of alkyl halides is 3. The molecule has 0 radical (unpaired) electrons. The zero-order chi connectivity index (χ0) is 19.0. The molecular weight excluding hydrogens is 357 g/mol. The molecule has 0 aliphatic heterocycles. The van der Waals surface area contributed by atoms with E-state index in [0.29, 0.717) is 6.54 Å². The Morgan fingerprint density at radius 3 is 2.56 bits per heavy atom. The first kappa shape index (κ1) is 17.0. The standard InChI is InChI=1S/C19H13F3N4O/c20-19(21,22)14-8-4-7-13(9-14)16-24-17-15(18(27)25-16)26(11-23-17)10-12-5-2-1-3-6-12/h1-9,11H,10H2,(H,24,25,27). The summed E-state index contributed by atoms with van der Waals surface area (Å²) in [5.74, 6) is 0.0450. The topological polar surface area (TPSA) is 63.6 Å². The fourth-order valence-electron chi connectivity index (χ4n) is 2.87. The van der Waals surface area contributed by atoms with Gasteiger partial charge in [-0.25, -0.2) is 9.97 Å². The first-order chi connectivity index (χ1) is 12.9. The van der Waals surface area contributed by atoms with Crippen LogP contribution in [0, 0.1) is 0 Å². The van der Waals surface area contributed by atoms with E-state index < -0.39 is 17.3 Å². The van der Waals surface area contributed by atoms with Gasteiger partial charge in [-0.1, -0.05) is 42.5 Å². The number of halogens is 3. The van der Waals surface area contributed by atoms with Crippen LogP contribution in [-0.4, -0.2) is 19.5 Å². The Balaban J connectivity index is 1.77. The number of hydrogen-bond acceptors (Lipinski definition) is 3. The molecule has 2 heterocycles. The van der Waals surface area contributed by atoms with Gasteiger partial charge in [0.05, 0.1) is 11.9 Å². The van der Waals surface area contributed by atoms with Gasteiger partial charge in [0.25, 0.3) is 5.56 Å². The third-order valence-corrected chi connectivity index (χ3v) is 4.14. The molecule has 0 saturated carbocycles. The van der Waals surface area contributed by atoms with E-state index in [4.69, 9.17) is 0 Å². The van der Waals surface area contributed by atoms with Crippen LogP contribution in [0.4, 0.5) is 13.2 Å². The maximum absolute atomic E-state index is 12.9. The number of hydrogen-bond donors (Lipinski definition) is 1. The zero-order valence-corrected chi connectivity index (χ0v) is 13.9. The van der Waals surface area contributed by atoms with E-state index in [1.165, 1.54) is 18.5 Å². The number of benzene rings is 2. The Morgan fingerprint density at radius 2 is 1.81 bits per heavy atom. The second kappa shape index (κ2) is 6.39. The molecule has 0 aliphatic carbocycles. The van der Waals surface area contributed by atoms with Gasteiger partial charge in [0, 0.05) is 12.1 Å². The molecular formula is C19H13F3N4O. The number of nitrogens with one attached hydrogen (secondary N) is 1. The Hall–Kier alpha value is -3.42. The van der Waals surface area contributed by atoms with Gasteiger partial charge in [-0.15, -0.1) is 0 Å². The van der Waals surface area contributed by atoms with Gasteiger partial charge in [0.1, 0.15) is 5.82 Å². The molecule has 0 saturated heterocycles. The van der Waals surface area contributed by atoms with Crippen LogP contribution in [0.3, 0.4) is 0 Å². The number of aromatic amines is 1. The molecule has 1 N–H and O–H groups in total. The summed E-state index contributed by atoms with van der Waals surface area (Å²) < 4.78 is 40.4. The summed E-state index contributed by atoms with van der Waals surface area (Å²) in [7, 11) is 0. The van der Waals surface area contributed by atoms with Gasteiger partial charge in [-0.2, -0.15) is 13.2 Å². The molecule has 8 heteroatoms. The molecule has 0 aliphatic rings. The van der Waals surface area contributed by atoms with Crippen LogP contribution < -0.4 is 5.56 Å². The molecule has 27 heavy (non-hydrogen) atoms. The van der Waals surface area contributed by atoms with Crippen LogP contribution in [0.25, 0.3) is 22.6 Å². The van der Waals surface area contributed by atoms with Crippen LogP contribution >= 0.6 is 0 Å². The average Bonchev–Trinajstić information content (AvgIpc) is 3.05. The van der Waals surface area contributed by atoms with Crippen LogP contribution in [-0.2, 0) is 12.7 Å². The fraction of sp³-hybridized carbons (Fsp3) is 0.105. The van der Waals surface area contributed by atoms with Gasteiger partial charge >= 0.3 is 6.18 Å². The Labute approximate surface area is 151 Å². The second-order valence-electron chi connectivity index (χ2n) is 6.02. The molecule has 136 valence electrons. The molecule has 0 fully saturated rings. The SMILES string of the molecule is O=c1[nH]c(-c2cccc(C(F)(F)F)c2)nc2ncn(Cc3ccccc3)c12. The highest BCUT2D eigenvalue weighted by molar-refractivity contribution is 5.73. The van der Waals surface area contributed by atoms with Crippen molar-refractivity contribution in [3.63, 3.8) is 0 Å². The van der Waals surface area contributed by atoms with E-state index in [0.717, 1.165) is 17.7 Å². The predicted octanol–water partition coefficient (Wildman–Crippen LogP) is 3.85. The van der Waals surface area contributed by atoms with Crippen molar-refractivity contribution < 1.29 is 13.2 Å². The fourth-order valence-corrected chi connectivity index (χ4v) is 2.87. The number of fused-ring (bicyclic) bond motifs is 1. The number of rotatable bonds is 3. The van der Waals surface area contributed by atoms with Crippen molar-refractivity contribution in [2.24, 2.45) is 0 Å². The highest BCUT2D eigenvalue weighted by Gasteiger charge is 2.30. The van der Waals surface area contributed by atoms with E-state index in [1.54, 1.807) is 4.57 Å². The first-order valence-corrected chi connectivity index (χ1v) is 8.08. The lowest BCUT2D eigenvalue weighted by Crippen LogP contribution is -2.14. The number of imidazole rings is 1. The molecule has 0 amide bonds. The number of H-pyrrole nitrogens is 1. The number of aromatic nitrogens is 4. The van der Waals surface area contributed by atoms with Crippen molar-refractivity contribution in [2.75, 3.05) is 0 Å². The van der Waals surface area contributed by atoms with Gasteiger partial charge < -0.3 is 9.55 Å². The van der Waals surface area contributed by atoms with Crippen molar-refractivity contribution in [2.45, 2.75) is 12.7 Å². The third-order valence-electron chi connectivity index (χ3n) is 4.14. The van der Waals surface area contributed by atoms with E-state index in [2.05, 4.69) is 15.0 Å². The van der Waals surface area contributed by atoms with Gasteiger partial charge in [0.15, 0.2) is 11.2 Å². The van der Waals surface area contributed by atoms with Crippen molar-refractivity contribution in [3.8, 4) is 11.4 Å². The summed E-state index contributed by atoms with van der Waals surface area (Å²) in [5.41, 5.74) is 0.342. The lowest BCUT2D eigenvalue weighted by atomic mass is 10.1. The second-order valence-corrected chi connectivity index (χ2v) is 6.02. The number of nitrogens with zero attached hydrogens (tertiary/aromatic N) is 3. The summed E-state index contributed by atoms with van der Waals surface area (Å²) in [6, 6.07) is 14.2. The van der Waals surface area contributed by atoms with Gasteiger partial charge in [-0.05, 0) is 17.7 Å². The molecule has 2 aromatic heterocycles. The summed E-state index contributed by atoms with van der Waals surface area (Å²) in [6.07, 6.45) is -2.98. The van der Waals surface area contributed by atoms with Crippen molar-refractivity contribution in [1.29, 1.82) is 0 Å². The van der Waals surface area contributed by atoms with E-state index in [1.807, 2.05) is 30.3 Å². The van der Waals surface area contributed by atoms with Crippen LogP contribution in [0.5, 0.6) is 0 Å². The molecule has 2 aromatic carbocycles. The van der Waals surface area contributed by atoms with Gasteiger partial charge in [-0.3, -0.25) is 4.79 Å². The minimum absolute atomic E-state index is 0.0450. The highest BCUT2D eigenvalue weighted by Crippen LogP contribution is 2.31. The van der Waals surface area contributed by atoms with E-state index in [9.17, 15) is 18.0 Å². The van der Waals surface area contributed by atoms with E-state index in [-0.39, 0.29) is 22.6 Å². The molecule has 4 aromatic rings. The van der Waals surface area contributed by atoms with Crippen molar-refractivity contribution in [3.05, 3.63) is 82.4 Å². The minimum Gasteiger partial charge on any atom is -0.320 e. The van der Waals surface area contributed by atoms with Crippen molar-refractivity contribution in [1.82, 2.24) is 19.5 Å². The largest absolute Gasteiger partial charge is 0.416 e. The lowest BCUT2D eigenvalue weighted by Gasteiger charge is -2.08. The summed E-state index contributed by atoms with van der Waals surface area (Å²) in [4.78, 5) is 23.5. The van der Waals surface area contributed by atoms with Crippen LogP contribution in [0.15, 0.2) is 65.7 Å². The minimum atomic E-state index is -4.47. The Morgan fingerprint density at radius 1 is 1.04 bits per heavy atom. The molecule has 0 bridgehead atoms. The molecule has 0 spiro atoms. The highest BCUT2D eigenvalue weighted by atomic mass is 19.4. The summed E-state index contributed by atoms with van der Waals surface area (Å²) in [5, 5.41) is 0. The summed E-state index contributed by atoms with van der Waals surface area (Å²) in [6.45, 7) is 0.436. The summed E-state index contributed by atoms with van der Waals surface area (Å²) >= 11 is 0. The molecule has 0 atom stereocenters. The monoisotopic (exact) mass is 370 g/mol. The third kappa shape index (κ3) is 3.33. The average molecular weight is 370 g/mol. The molecule has 4 rings (SSSR count). The van der Waals surface area contributed by atoms with Crippen LogP contribution in [0.2, 0.25) is 0 Å². The smallest absolute Gasteiger partial charge is 0.320 e.